The average Bonchev–Trinajstić information content (AvgIpc) is 2.17. The van der Waals surface area contributed by atoms with Gasteiger partial charge in [-0.15, -0.1) is 0 Å². The van der Waals surface area contributed by atoms with Gasteiger partial charge in [0.2, 0.25) is 0 Å². The zero-order valence-corrected chi connectivity index (χ0v) is 4.92. The zero-order valence-electron chi connectivity index (χ0n) is 4.92. The molecular formula is C6H10O2. The number of hydrogen-bond acceptors (Lipinski definition) is 2. The van der Waals surface area contributed by atoms with Gasteiger partial charge in [-0.05, 0) is 13.0 Å². The molecule has 1 rings (SSSR count). The quantitative estimate of drug-likeness (QED) is 0.543. The Labute approximate surface area is 48.8 Å². The smallest absolute Gasteiger partial charge is 0.132 e. The van der Waals surface area contributed by atoms with Crippen molar-refractivity contribution in [3.8, 4) is 0 Å². The predicted octanol–water partition coefficient (Wildman–Crippen LogP) is 0.671. The lowest BCUT2D eigenvalue weighted by atomic mass is 10.1. The molecule has 1 aliphatic rings. The second kappa shape index (κ2) is 1.78. The minimum Gasteiger partial charge on any atom is -0.493 e. The van der Waals surface area contributed by atoms with Crippen LogP contribution in [0, 0.1) is 0 Å². The van der Waals surface area contributed by atoms with E-state index in [-0.39, 0.29) is 12.2 Å². The van der Waals surface area contributed by atoms with E-state index in [0.717, 1.165) is 6.42 Å². The summed E-state index contributed by atoms with van der Waals surface area (Å²) in [6.45, 7) is 1.98. The lowest BCUT2D eigenvalue weighted by molar-refractivity contribution is 0.00709. The highest BCUT2D eigenvalue weighted by Gasteiger charge is 2.25. The topological polar surface area (TPSA) is 29.5 Å². The Morgan fingerprint density at radius 2 is 2.62 bits per heavy atom. The van der Waals surface area contributed by atoms with E-state index >= 15 is 0 Å². The van der Waals surface area contributed by atoms with Gasteiger partial charge in [0.05, 0.1) is 12.9 Å². The molecule has 1 aliphatic heterocycles. The Bertz CT molecular complexity index is 99.1. The number of hydrogen-bond donors (Lipinski definition) is 1. The second-order valence-corrected chi connectivity index (χ2v) is 2.30. The van der Waals surface area contributed by atoms with Crippen LogP contribution in [0.2, 0.25) is 0 Å². The minimum atomic E-state index is -0.319. The molecule has 2 nitrogen and oxygen atoms in total. The Hall–Kier alpha value is -0.500. The third kappa shape index (κ3) is 0.842. The van der Waals surface area contributed by atoms with Gasteiger partial charge in [0.1, 0.15) is 5.60 Å². The predicted molar refractivity (Wildman–Crippen MR) is 30.3 cm³/mol. The molecule has 0 bridgehead atoms. The fourth-order valence-corrected chi connectivity index (χ4v) is 0.660. The van der Waals surface area contributed by atoms with Crippen molar-refractivity contribution in [1.82, 2.24) is 0 Å². The Kier molecular flexibility index (Phi) is 1.26. The van der Waals surface area contributed by atoms with Crippen LogP contribution in [-0.2, 0) is 4.74 Å². The summed E-state index contributed by atoms with van der Waals surface area (Å²) in [5.41, 5.74) is -0.319. The summed E-state index contributed by atoms with van der Waals surface area (Å²) < 4.78 is 5.06. The zero-order chi connectivity index (χ0) is 6.04. The molecule has 8 heavy (non-hydrogen) atoms. The molecule has 0 aromatic carbocycles. The van der Waals surface area contributed by atoms with Gasteiger partial charge in [-0.25, -0.2) is 0 Å². The molecule has 0 spiro atoms. The van der Waals surface area contributed by atoms with Crippen LogP contribution in [-0.4, -0.2) is 17.3 Å². The minimum absolute atomic E-state index is 0.0972. The van der Waals surface area contributed by atoms with Crippen LogP contribution in [0.3, 0.4) is 0 Å². The van der Waals surface area contributed by atoms with E-state index in [0.29, 0.717) is 0 Å². The van der Waals surface area contributed by atoms with E-state index in [4.69, 9.17) is 9.84 Å². The molecule has 1 N–H and O–H groups in total. The standard InChI is InChI=1S/C6H10O2/c1-6(5-7)3-2-4-8-6/h2,4,7H,3,5H2,1H3/t6-/m0/s1. The molecule has 0 radical (unpaired) electrons. The van der Waals surface area contributed by atoms with Crippen LogP contribution in [0.1, 0.15) is 13.3 Å². The number of rotatable bonds is 1. The lowest BCUT2D eigenvalue weighted by Gasteiger charge is -2.19. The summed E-state index contributed by atoms with van der Waals surface area (Å²) in [6.07, 6.45) is 4.37. The number of aliphatic hydroxyl groups excluding tert-OH is 1. The maximum Gasteiger partial charge on any atom is 0.132 e. The SMILES string of the molecule is C[C@@]1(CO)CC=CO1. The summed E-state index contributed by atoms with van der Waals surface area (Å²) in [6, 6.07) is 0. The van der Waals surface area contributed by atoms with E-state index in [9.17, 15) is 0 Å². The maximum absolute atomic E-state index is 8.66. The van der Waals surface area contributed by atoms with Gasteiger partial charge >= 0.3 is 0 Å². The first-order valence-electron chi connectivity index (χ1n) is 2.70. The fourth-order valence-electron chi connectivity index (χ4n) is 0.660. The van der Waals surface area contributed by atoms with Gasteiger partial charge in [0.15, 0.2) is 0 Å². The van der Waals surface area contributed by atoms with Gasteiger partial charge in [0.25, 0.3) is 0 Å². The molecule has 0 saturated heterocycles. The first-order valence-corrected chi connectivity index (χ1v) is 2.70. The van der Waals surface area contributed by atoms with Crippen LogP contribution in [0.4, 0.5) is 0 Å². The monoisotopic (exact) mass is 114 g/mol. The summed E-state index contributed by atoms with van der Waals surface area (Å²) in [5.74, 6) is 0. The molecule has 0 fully saturated rings. The van der Waals surface area contributed by atoms with Crippen LogP contribution in [0.15, 0.2) is 12.3 Å². The summed E-state index contributed by atoms with van der Waals surface area (Å²) in [5, 5.41) is 8.66. The summed E-state index contributed by atoms with van der Waals surface area (Å²) in [4.78, 5) is 0. The molecule has 1 heterocycles. The van der Waals surface area contributed by atoms with Gasteiger partial charge < -0.3 is 9.84 Å². The molecule has 0 aliphatic carbocycles. The van der Waals surface area contributed by atoms with Crippen molar-refractivity contribution in [3.05, 3.63) is 12.3 Å². The largest absolute Gasteiger partial charge is 0.493 e. The third-order valence-corrected chi connectivity index (χ3v) is 1.33. The van der Waals surface area contributed by atoms with E-state index < -0.39 is 0 Å². The highest BCUT2D eigenvalue weighted by atomic mass is 16.5. The Balaban J connectivity index is 2.46. The van der Waals surface area contributed by atoms with Crippen LogP contribution in [0.5, 0.6) is 0 Å². The van der Waals surface area contributed by atoms with Crippen molar-refractivity contribution in [1.29, 1.82) is 0 Å². The highest BCUT2D eigenvalue weighted by Crippen LogP contribution is 2.20. The van der Waals surface area contributed by atoms with Crippen LogP contribution >= 0.6 is 0 Å². The van der Waals surface area contributed by atoms with Gasteiger partial charge in [-0.2, -0.15) is 0 Å². The summed E-state index contributed by atoms with van der Waals surface area (Å²) in [7, 11) is 0. The van der Waals surface area contributed by atoms with Crippen molar-refractivity contribution in [2.45, 2.75) is 18.9 Å². The first-order chi connectivity index (χ1) is 3.77. The van der Waals surface area contributed by atoms with Crippen molar-refractivity contribution in [2.75, 3.05) is 6.61 Å². The lowest BCUT2D eigenvalue weighted by Crippen LogP contribution is -2.27. The normalized spacial score (nSPS) is 35.2. The number of ether oxygens (including phenoxy) is 1. The van der Waals surface area contributed by atoms with Crippen LogP contribution in [0.25, 0.3) is 0 Å². The molecule has 1 atom stereocenters. The van der Waals surface area contributed by atoms with E-state index in [1.165, 1.54) is 0 Å². The molecule has 0 unspecified atom stereocenters. The molecule has 0 amide bonds. The first kappa shape index (κ1) is 5.63. The van der Waals surface area contributed by atoms with E-state index in [1.807, 2.05) is 13.0 Å². The van der Waals surface area contributed by atoms with E-state index in [2.05, 4.69) is 0 Å². The fraction of sp³-hybridized carbons (Fsp3) is 0.667. The summed E-state index contributed by atoms with van der Waals surface area (Å²) >= 11 is 0. The molecule has 0 saturated carbocycles. The second-order valence-electron chi connectivity index (χ2n) is 2.30. The molecule has 2 heteroatoms. The Morgan fingerprint density at radius 1 is 1.88 bits per heavy atom. The van der Waals surface area contributed by atoms with Crippen molar-refractivity contribution < 1.29 is 9.84 Å². The third-order valence-electron chi connectivity index (χ3n) is 1.33. The molecule has 0 aromatic heterocycles. The Morgan fingerprint density at radius 3 is 2.88 bits per heavy atom. The van der Waals surface area contributed by atoms with Gasteiger partial charge in [0, 0.05) is 6.42 Å². The van der Waals surface area contributed by atoms with Gasteiger partial charge in [-0.1, -0.05) is 0 Å². The number of aliphatic hydroxyl groups is 1. The van der Waals surface area contributed by atoms with Crippen LogP contribution < -0.4 is 0 Å². The van der Waals surface area contributed by atoms with Crippen molar-refractivity contribution in [3.63, 3.8) is 0 Å². The molecule has 0 aromatic rings. The van der Waals surface area contributed by atoms with Gasteiger partial charge in [-0.3, -0.25) is 0 Å². The maximum atomic E-state index is 8.66. The van der Waals surface area contributed by atoms with Crippen molar-refractivity contribution in [2.24, 2.45) is 0 Å². The van der Waals surface area contributed by atoms with Crippen molar-refractivity contribution >= 4 is 0 Å². The molecule has 46 valence electrons. The molecular weight excluding hydrogens is 104 g/mol. The average molecular weight is 114 g/mol. The van der Waals surface area contributed by atoms with E-state index in [1.54, 1.807) is 6.26 Å². The highest BCUT2D eigenvalue weighted by molar-refractivity contribution is 4.94.